The Morgan fingerprint density at radius 2 is 1.59 bits per heavy atom. The fourth-order valence-corrected chi connectivity index (χ4v) is 4.50. The Morgan fingerprint density at radius 3 is 2.21 bits per heavy atom. The molecular weight excluding hydrogens is 458 g/mol. The third-order valence-corrected chi connectivity index (χ3v) is 6.58. The van der Waals surface area contributed by atoms with Crippen molar-refractivity contribution in [3.8, 4) is 17.2 Å². The first-order valence-corrected chi connectivity index (χ1v) is 11.6. The summed E-state index contributed by atoms with van der Waals surface area (Å²) in [5.41, 5.74) is 3.33. The van der Waals surface area contributed by atoms with Crippen molar-refractivity contribution in [3.05, 3.63) is 78.4 Å². The molecule has 10 heteroatoms. The molecule has 0 saturated carbocycles. The van der Waals surface area contributed by atoms with E-state index >= 15 is 0 Å². The molecule has 0 radical (unpaired) electrons. The topological polar surface area (TPSA) is 107 Å². The predicted octanol–water partition coefficient (Wildman–Crippen LogP) is 3.06. The van der Waals surface area contributed by atoms with Gasteiger partial charge in [0.1, 0.15) is 12.3 Å². The monoisotopic (exact) mass is 483 g/mol. The lowest BCUT2D eigenvalue weighted by molar-refractivity contribution is -0.119. The van der Waals surface area contributed by atoms with E-state index in [1.165, 1.54) is 39.7 Å². The second kappa shape index (κ2) is 11.2. The zero-order chi connectivity index (χ0) is 24.6. The highest BCUT2D eigenvalue weighted by atomic mass is 32.2. The Hall–Kier alpha value is -4.05. The number of hydrazone groups is 1. The number of hydrogen-bond acceptors (Lipinski definition) is 7. The van der Waals surface area contributed by atoms with Crippen LogP contribution in [0.2, 0.25) is 0 Å². The number of sulfonamides is 1. The first kappa shape index (κ1) is 24.6. The molecule has 3 aromatic carbocycles. The zero-order valence-corrected chi connectivity index (χ0v) is 19.8. The molecule has 0 atom stereocenters. The Labute approximate surface area is 198 Å². The molecule has 0 fully saturated rings. The maximum atomic E-state index is 13.3. The van der Waals surface area contributed by atoms with Crippen molar-refractivity contribution < 1.29 is 27.4 Å². The number of anilines is 1. The van der Waals surface area contributed by atoms with Gasteiger partial charge in [-0.05, 0) is 60.2 Å². The molecule has 3 aromatic rings. The number of nitrogens with one attached hydrogen (secondary N) is 1. The molecule has 1 amide bonds. The van der Waals surface area contributed by atoms with Crippen LogP contribution in [0.5, 0.6) is 17.2 Å². The van der Waals surface area contributed by atoms with Gasteiger partial charge in [0.05, 0.1) is 38.1 Å². The van der Waals surface area contributed by atoms with E-state index in [0.717, 1.165) is 4.31 Å². The average Bonchev–Trinajstić information content (AvgIpc) is 2.87. The second-order valence-corrected chi connectivity index (χ2v) is 8.79. The molecule has 0 aromatic heterocycles. The first-order chi connectivity index (χ1) is 16.4. The summed E-state index contributed by atoms with van der Waals surface area (Å²) in [6.07, 6.45) is 1.42. The van der Waals surface area contributed by atoms with Crippen molar-refractivity contribution in [1.82, 2.24) is 5.43 Å². The van der Waals surface area contributed by atoms with Gasteiger partial charge in [-0.15, -0.1) is 0 Å². The van der Waals surface area contributed by atoms with Crippen molar-refractivity contribution in [2.24, 2.45) is 5.10 Å². The molecule has 0 unspecified atom stereocenters. The lowest BCUT2D eigenvalue weighted by Crippen LogP contribution is -2.39. The molecule has 3 rings (SSSR count). The standard InChI is InChI=1S/C24H25N3O6S/c1-31-20-12-10-19(11-13-20)27(34(29,30)21-7-5-4-6-8-21)17-24(28)26-25-16-18-9-14-22(32-2)23(15-18)33-3/h4-16H,17H2,1-3H3,(H,26,28)/b25-16-. The SMILES string of the molecule is COc1ccc(N(CC(=O)N/N=C\c2ccc(OC)c(OC)c2)S(=O)(=O)c2ccccc2)cc1. The Balaban J connectivity index is 1.80. The Bertz CT molecular complexity index is 1250. The number of methoxy groups -OCH3 is 3. The van der Waals surface area contributed by atoms with Crippen LogP contribution in [0.25, 0.3) is 0 Å². The maximum Gasteiger partial charge on any atom is 0.264 e. The largest absolute Gasteiger partial charge is 0.497 e. The summed E-state index contributed by atoms with van der Waals surface area (Å²) in [6.45, 7) is -0.479. The summed E-state index contributed by atoms with van der Waals surface area (Å²) in [4.78, 5) is 12.7. The van der Waals surface area contributed by atoms with E-state index in [9.17, 15) is 13.2 Å². The van der Waals surface area contributed by atoms with Crippen molar-refractivity contribution in [1.29, 1.82) is 0 Å². The Kier molecular flexibility index (Phi) is 8.10. The molecule has 0 bridgehead atoms. The molecule has 34 heavy (non-hydrogen) atoms. The number of amides is 1. The summed E-state index contributed by atoms with van der Waals surface area (Å²) < 4.78 is 43.2. The minimum absolute atomic E-state index is 0.0625. The van der Waals surface area contributed by atoms with Gasteiger partial charge in [-0.3, -0.25) is 9.10 Å². The minimum Gasteiger partial charge on any atom is -0.497 e. The molecule has 9 nitrogen and oxygen atoms in total. The van der Waals surface area contributed by atoms with E-state index in [4.69, 9.17) is 14.2 Å². The van der Waals surface area contributed by atoms with E-state index in [0.29, 0.717) is 28.5 Å². The fraction of sp³-hybridized carbons (Fsp3) is 0.167. The number of carbonyl (C=O) groups is 1. The number of ether oxygens (including phenoxy) is 3. The minimum atomic E-state index is -4.01. The van der Waals surface area contributed by atoms with Crippen molar-refractivity contribution >= 4 is 27.8 Å². The Morgan fingerprint density at radius 1 is 0.912 bits per heavy atom. The van der Waals surface area contributed by atoms with Gasteiger partial charge in [-0.1, -0.05) is 18.2 Å². The number of rotatable bonds is 10. The quantitative estimate of drug-likeness (QED) is 0.351. The van der Waals surface area contributed by atoms with Gasteiger partial charge in [0.15, 0.2) is 11.5 Å². The van der Waals surface area contributed by atoms with Crippen LogP contribution in [0.3, 0.4) is 0 Å². The van der Waals surface area contributed by atoms with Crippen molar-refractivity contribution in [3.63, 3.8) is 0 Å². The smallest absolute Gasteiger partial charge is 0.264 e. The highest BCUT2D eigenvalue weighted by Crippen LogP contribution is 2.27. The normalized spacial score (nSPS) is 11.1. The third-order valence-electron chi connectivity index (χ3n) is 4.79. The van der Waals surface area contributed by atoms with Gasteiger partial charge in [0.25, 0.3) is 15.9 Å². The van der Waals surface area contributed by atoms with Gasteiger partial charge >= 0.3 is 0 Å². The van der Waals surface area contributed by atoms with Crippen LogP contribution in [-0.2, 0) is 14.8 Å². The fourth-order valence-electron chi connectivity index (χ4n) is 3.06. The number of hydrogen-bond donors (Lipinski definition) is 1. The van der Waals surface area contributed by atoms with Gasteiger partial charge in [0.2, 0.25) is 0 Å². The molecule has 0 aliphatic carbocycles. The van der Waals surface area contributed by atoms with Crippen LogP contribution in [0, 0.1) is 0 Å². The van der Waals surface area contributed by atoms with E-state index in [-0.39, 0.29) is 4.90 Å². The van der Waals surface area contributed by atoms with Crippen LogP contribution >= 0.6 is 0 Å². The van der Waals surface area contributed by atoms with Gasteiger partial charge < -0.3 is 14.2 Å². The van der Waals surface area contributed by atoms with Gasteiger partial charge in [0, 0.05) is 0 Å². The lowest BCUT2D eigenvalue weighted by atomic mass is 10.2. The van der Waals surface area contributed by atoms with Crippen LogP contribution in [0.1, 0.15) is 5.56 Å². The molecule has 178 valence electrons. The van der Waals surface area contributed by atoms with Crippen LogP contribution in [0.15, 0.2) is 82.8 Å². The van der Waals surface area contributed by atoms with E-state index < -0.39 is 22.5 Å². The van der Waals surface area contributed by atoms with Gasteiger partial charge in [-0.2, -0.15) is 5.10 Å². The van der Waals surface area contributed by atoms with E-state index in [2.05, 4.69) is 10.5 Å². The van der Waals surface area contributed by atoms with Crippen molar-refractivity contribution in [2.75, 3.05) is 32.2 Å². The molecule has 1 N–H and O–H groups in total. The maximum absolute atomic E-state index is 13.3. The van der Waals surface area contributed by atoms with E-state index in [1.807, 2.05) is 0 Å². The lowest BCUT2D eigenvalue weighted by Gasteiger charge is -2.23. The van der Waals surface area contributed by atoms with Crippen LogP contribution < -0.4 is 23.9 Å². The zero-order valence-electron chi connectivity index (χ0n) is 19.0. The summed E-state index contributed by atoms with van der Waals surface area (Å²) in [7, 11) is 0.545. The van der Waals surface area contributed by atoms with Crippen molar-refractivity contribution in [2.45, 2.75) is 4.90 Å². The number of nitrogens with zero attached hydrogens (tertiary/aromatic N) is 2. The predicted molar refractivity (Wildman–Crippen MR) is 129 cm³/mol. The summed E-state index contributed by atoms with van der Waals surface area (Å²) in [5.74, 6) is 1.01. The highest BCUT2D eigenvalue weighted by Gasteiger charge is 2.27. The first-order valence-electron chi connectivity index (χ1n) is 10.1. The van der Waals surface area contributed by atoms with Crippen LogP contribution in [0.4, 0.5) is 5.69 Å². The molecule has 0 saturated heterocycles. The number of carbonyl (C=O) groups excluding carboxylic acids is 1. The molecule has 0 aliphatic rings. The molecule has 0 heterocycles. The van der Waals surface area contributed by atoms with E-state index in [1.54, 1.807) is 60.7 Å². The molecule has 0 aliphatic heterocycles. The summed E-state index contributed by atoms with van der Waals surface area (Å²) in [5, 5.41) is 3.94. The number of benzene rings is 3. The summed E-state index contributed by atoms with van der Waals surface area (Å²) >= 11 is 0. The molecular formula is C24H25N3O6S. The molecule has 0 spiro atoms. The highest BCUT2D eigenvalue weighted by molar-refractivity contribution is 7.92. The third kappa shape index (κ3) is 5.84. The average molecular weight is 484 g/mol. The van der Waals surface area contributed by atoms with Gasteiger partial charge in [-0.25, -0.2) is 13.8 Å². The second-order valence-electron chi connectivity index (χ2n) is 6.93. The van der Waals surface area contributed by atoms with Crippen LogP contribution in [-0.4, -0.2) is 48.4 Å². The summed E-state index contributed by atoms with van der Waals surface area (Å²) in [6, 6.07) is 19.4.